The van der Waals surface area contributed by atoms with Gasteiger partial charge in [0, 0.05) is 20.6 Å². The van der Waals surface area contributed by atoms with Crippen LogP contribution in [0.2, 0.25) is 5.02 Å². The van der Waals surface area contributed by atoms with E-state index in [-0.39, 0.29) is 23.5 Å². The van der Waals surface area contributed by atoms with E-state index in [2.05, 4.69) is 15.9 Å². The third kappa shape index (κ3) is 5.52. The smallest absolute Gasteiger partial charge is 0.338 e. The Balaban J connectivity index is 2.08. The minimum absolute atomic E-state index is 0.0709. The van der Waals surface area contributed by atoms with E-state index in [9.17, 15) is 14.7 Å². The number of benzene rings is 2. The minimum Gasteiger partial charge on any atom is -0.506 e. The number of nitrogens with zero attached hydrogens (tertiary/aromatic N) is 2. The molecule has 3 aromatic rings. The summed E-state index contributed by atoms with van der Waals surface area (Å²) in [7, 11) is 1.52. The van der Waals surface area contributed by atoms with Crippen LogP contribution in [-0.2, 0) is 9.53 Å². The van der Waals surface area contributed by atoms with E-state index >= 15 is 0 Å². The van der Waals surface area contributed by atoms with Gasteiger partial charge in [-0.1, -0.05) is 52.2 Å². The van der Waals surface area contributed by atoms with E-state index in [0.29, 0.717) is 46.9 Å². The highest BCUT2D eigenvalue weighted by atomic mass is 127. The second-order valence-corrected chi connectivity index (χ2v) is 11.6. The van der Waals surface area contributed by atoms with Gasteiger partial charge in [0.15, 0.2) is 4.80 Å². The Morgan fingerprint density at radius 2 is 2.08 bits per heavy atom. The highest BCUT2D eigenvalue weighted by Gasteiger charge is 2.36. The van der Waals surface area contributed by atoms with Gasteiger partial charge in [-0.3, -0.25) is 9.36 Å². The number of hydrogen-bond acceptors (Lipinski definition) is 7. The number of phenols is 1. The standard InChI is InChI=1S/C26H23BrClIN2O5S/c1-4-6-18-21(25(34)36-5-2)22(16-12-15(28)7-8-19(16)35-3)31-24(33)20(37-26(31)30-18)10-13-9-14(27)11-17(29)23(13)32/h7-12,22,32H,4-6H2,1-3H3/b20-10+/t22-/m1/s1. The minimum atomic E-state index is -0.858. The Kier molecular flexibility index (Phi) is 8.82. The average molecular weight is 718 g/mol. The van der Waals surface area contributed by atoms with Crippen molar-refractivity contribution in [2.24, 2.45) is 4.99 Å². The van der Waals surface area contributed by atoms with Crippen LogP contribution in [0.5, 0.6) is 11.5 Å². The van der Waals surface area contributed by atoms with E-state index < -0.39 is 12.0 Å². The lowest BCUT2D eigenvalue weighted by Gasteiger charge is -2.27. The summed E-state index contributed by atoms with van der Waals surface area (Å²) >= 11 is 13.0. The number of esters is 1. The van der Waals surface area contributed by atoms with Gasteiger partial charge in [0.2, 0.25) is 0 Å². The molecule has 0 spiro atoms. The topological polar surface area (TPSA) is 90.1 Å². The third-order valence-corrected chi connectivity index (χ3v) is 8.22. The van der Waals surface area contributed by atoms with Crippen LogP contribution in [0, 0.1) is 3.57 Å². The second-order valence-electron chi connectivity index (χ2n) is 8.13. The van der Waals surface area contributed by atoms with Gasteiger partial charge in [0.1, 0.15) is 17.5 Å². The number of allylic oxidation sites excluding steroid dienone is 1. The first kappa shape index (κ1) is 27.9. The SMILES string of the molecule is CCCC1=C(C(=O)OCC)[C@@H](c2cc(Cl)ccc2OC)n2c(s/c(=C/c3cc(Br)cc(I)c3O)c2=O)=N1. The molecule has 37 heavy (non-hydrogen) atoms. The maximum Gasteiger partial charge on any atom is 0.338 e. The molecule has 0 saturated heterocycles. The molecule has 1 aliphatic rings. The van der Waals surface area contributed by atoms with Crippen LogP contribution in [0.3, 0.4) is 0 Å². The van der Waals surface area contributed by atoms with Crippen LogP contribution < -0.4 is 19.6 Å². The lowest BCUT2D eigenvalue weighted by atomic mass is 9.93. The van der Waals surface area contributed by atoms with E-state index in [4.69, 9.17) is 26.1 Å². The Bertz CT molecular complexity index is 1600. The molecular weight excluding hydrogens is 695 g/mol. The number of hydrogen-bond donors (Lipinski definition) is 1. The number of aromatic nitrogens is 1. The number of thiazole rings is 1. The number of halogens is 3. The Morgan fingerprint density at radius 1 is 1.32 bits per heavy atom. The van der Waals surface area contributed by atoms with Crippen LogP contribution in [0.1, 0.15) is 43.9 Å². The summed E-state index contributed by atoms with van der Waals surface area (Å²) in [6.07, 6.45) is 2.88. The normalized spacial score (nSPS) is 15.4. The summed E-state index contributed by atoms with van der Waals surface area (Å²) in [6.45, 7) is 3.90. The van der Waals surface area contributed by atoms with E-state index in [1.54, 1.807) is 43.3 Å². The van der Waals surface area contributed by atoms with Crippen LogP contribution in [0.25, 0.3) is 6.08 Å². The molecule has 7 nitrogen and oxygen atoms in total. The van der Waals surface area contributed by atoms with Crippen molar-refractivity contribution >= 4 is 73.5 Å². The molecule has 0 radical (unpaired) electrons. The van der Waals surface area contributed by atoms with Gasteiger partial charge >= 0.3 is 5.97 Å². The Labute approximate surface area is 244 Å². The van der Waals surface area contributed by atoms with Gasteiger partial charge in [-0.05, 0) is 72.3 Å². The molecule has 2 aromatic carbocycles. The highest BCUT2D eigenvalue weighted by Crippen LogP contribution is 2.38. The number of methoxy groups -OCH3 is 1. The first-order chi connectivity index (χ1) is 17.7. The summed E-state index contributed by atoms with van der Waals surface area (Å²) in [5.41, 5.74) is 1.51. The molecule has 0 aliphatic carbocycles. The number of carbonyl (C=O) groups is 1. The lowest BCUT2D eigenvalue weighted by molar-refractivity contribution is -0.139. The summed E-state index contributed by atoms with van der Waals surface area (Å²) in [5.74, 6) is -0.000471. The fourth-order valence-corrected chi connectivity index (χ4v) is 6.91. The lowest BCUT2D eigenvalue weighted by Crippen LogP contribution is -2.40. The zero-order valence-electron chi connectivity index (χ0n) is 20.2. The molecule has 4 rings (SSSR count). The molecular formula is C26H23BrClIN2O5S. The highest BCUT2D eigenvalue weighted by molar-refractivity contribution is 14.1. The van der Waals surface area contributed by atoms with Crippen molar-refractivity contribution in [2.45, 2.75) is 32.7 Å². The van der Waals surface area contributed by atoms with Crippen LogP contribution in [0.4, 0.5) is 0 Å². The molecule has 2 heterocycles. The van der Waals surface area contributed by atoms with Crippen LogP contribution in [0.15, 0.2) is 55.9 Å². The van der Waals surface area contributed by atoms with E-state index in [1.165, 1.54) is 23.0 Å². The predicted octanol–water partition coefficient (Wildman–Crippen LogP) is 5.31. The molecule has 1 N–H and O–H groups in total. The Morgan fingerprint density at radius 3 is 2.76 bits per heavy atom. The molecule has 1 aliphatic heterocycles. The number of aromatic hydroxyl groups is 1. The fourth-order valence-electron chi connectivity index (χ4n) is 4.17. The van der Waals surface area contributed by atoms with Gasteiger partial charge in [0.25, 0.3) is 5.56 Å². The first-order valence-electron chi connectivity index (χ1n) is 11.4. The number of carbonyl (C=O) groups excluding carboxylic acids is 1. The molecule has 1 aromatic heterocycles. The summed E-state index contributed by atoms with van der Waals surface area (Å²) < 4.78 is 14.3. The van der Waals surface area contributed by atoms with Gasteiger partial charge in [-0.2, -0.15) is 0 Å². The fraction of sp³-hybridized carbons (Fsp3) is 0.269. The van der Waals surface area contributed by atoms with Gasteiger partial charge < -0.3 is 14.6 Å². The van der Waals surface area contributed by atoms with Crippen molar-refractivity contribution in [3.05, 3.63) is 85.5 Å². The number of phenolic OH excluding ortho intramolecular Hbond substituents is 1. The number of ether oxygens (including phenoxy) is 2. The molecule has 11 heteroatoms. The number of rotatable bonds is 7. The quantitative estimate of drug-likeness (QED) is 0.265. The largest absolute Gasteiger partial charge is 0.506 e. The molecule has 0 bridgehead atoms. The third-order valence-electron chi connectivity index (χ3n) is 5.72. The molecule has 0 fully saturated rings. The van der Waals surface area contributed by atoms with Gasteiger partial charge in [0.05, 0.1) is 33.1 Å². The molecule has 0 saturated carbocycles. The van der Waals surface area contributed by atoms with Crippen LogP contribution >= 0.6 is 61.5 Å². The van der Waals surface area contributed by atoms with E-state index in [1.807, 2.05) is 29.5 Å². The Hall–Kier alpha value is -2.15. The summed E-state index contributed by atoms with van der Waals surface area (Å²) in [5, 5.41) is 11.0. The predicted molar refractivity (Wildman–Crippen MR) is 156 cm³/mol. The van der Waals surface area contributed by atoms with Crippen molar-refractivity contribution in [3.8, 4) is 11.5 Å². The molecule has 0 amide bonds. The van der Waals surface area contributed by atoms with Gasteiger partial charge in [-0.25, -0.2) is 9.79 Å². The maximum atomic E-state index is 13.9. The second kappa shape index (κ2) is 11.7. The zero-order valence-corrected chi connectivity index (χ0v) is 25.5. The van der Waals surface area contributed by atoms with Crippen LogP contribution in [-0.4, -0.2) is 29.4 Å². The molecule has 1 atom stereocenters. The van der Waals surface area contributed by atoms with E-state index in [0.717, 1.165) is 10.9 Å². The molecule has 0 unspecified atom stereocenters. The number of fused-ring (bicyclic) bond motifs is 1. The van der Waals surface area contributed by atoms with Crippen molar-refractivity contribution in [1.29, 1.82) is 0 Å². The summed E-state index contributed by atoms with van der Waals surface area (Å²) in [4.78, 5) is 32.4. The molecule has 194 valence electrons. The average Bonchev–Trinajstić information content (AvgIpc) is 3.16. The van der Waals surface area contributed by atoms with Crippen molar-refractivity contribution in [2.75, 3.05) is 13.7 Å². The monoisotopic (exact) mass is 716 g/mol. The van der Waals surface area contributed by atoms with Crippen molar-refractivity contribution < 1.29 is 19.4 Å². The van der Waals surface area contributed by atoms with Crippen molar-refractivity contribution in [1.82, 2.24) is 4.57 Å². The maximum absolute atomic E-state index is 13.9. The van der Waals surface area contributed by atoms with Gasteiger partial charge in [-0.15, -0.1) is 0 Å². The first-order valence-corrected chi connectivity index (χ1v) is 14.5. The summed E-state index contributed by atoms with van der Waals surface area (Å²) in [6, 6.07) is 7.74. The zero-order chi connectivity index (χ0) is 26.9. The van der Waals surface area contributed by atoms with Crippen molar-refractivity contribution in [3.63, 3.8) is 0 Å².